The van der Waals surface area contributed by atoms with E-state index in [4.69, 9.17) is 11.6 Å². The first-order valence-corrected chi connectivity index (χ1v) is 8.85. The third kappa shape index (κ3) is 5.32. The smallest absolute Gasteiger partial charge is 0.251 e. The molecule has 1 aliphatic carbocycles. The van der Waals surface area contributed by atoms with E-state index in [2.05, 4.69) is 15.6 Å². The Hall–Kier alpha value is -1.85. The zero-order valence-electron chi connectivity index (χ0n) is 14.5. The number of rotatable bonds is 4. The first kappa shape index (κ1) is 20.5. The second-order valence-electron chi connectivity index (χ2n) is 6.46. The molecule has 0 bridgehead atoms. The number of hydrogen-bond donors (Lipinski definition) is 2. The summed E-state index contributed by atoms with van der Waals surface area (Å²) in [5.41, 5.74) is 1.37. The lowest BCUT2D eigenvalue weighted by atomic mass is 9.91. The van der Waals surface area contributed by atoms with Crippen LogP contribution in [0.2, 0.25) is 5.02 Å². The maximum Gasteiger partial charge on any atom is 0.251 e. The molecule has 4 nitrogen and oxygen atoms in total. The Kier molecular flexibility index (Phi) is 7.23. The van der Waals surface area contributed by atoms with Gasteiger partial charge >= 0.3 is 0 Å². The second-order valence-corrected chi connectivity index (χ2v) is 6.87. The van der Waals surface area contributed by atoms with Gasteiger partial charge in [-0.25, -0.2) is 9.37 Å². The minimum Gasteiger partial charge on any atom is -0.367 e. The molecule has 0 radical (unpaired) electrons. The molecule has 1 fully saturated rings. The maximum atomic E-state index is 13.2. The van der Waals surface area contributed by atoms with E-state index in [1.807, 2.05) is 25.1 Å². The summed E-state index contributed by atoms with van der Waals surface area (Å²) in [5, 5.41) is 6.43. The summed E-state index contributed by atoms with van der Waals surface area (Å²) in [7, 11) is 0. The number of aryl methyl sites for hydroxylation is 1. The Morgan fingerprint density at radius 2 is 1.85 bits per heavy atom. The predicted octanol–water partition coefficient (Wildman–Crippen LogP) is 4.76. The van der Waals surface area contributed by atoms with E-state index >= 15 is 0 Å². The summed E-state index contributed by atoms with van der Waals surface area (Å²) >= 11 is 5.74. The molecular formula is C19H22Cl2FN3O. The van der Waals surface area contributed by atoms with E-state index in [0.717, 1.165) is 37.2 Å². The van der Waals surface area contributed by atoms with E-state index < -0.39 is 5.82 Å². The molecular weight excluding hydrogens is 376 g/mol. The van der Waals surface area contributed by atoms with Crippen molar-refractivity contribution in [1.82, 2.24) is 10.3 Å². The summed E-state index contributed by atoms with van der Waals surface area (Å²) in [6, 6.07) is 10.5. The van der Waals surface area contributed by atoms with Crippen molar-refractivity contribution in [2.24, 2.45) is 0 Å². The van der Waals surface area contributed by atoms with E-state index in [-0.39, 0.29) is 29.4 Å². The van der Waals surface area contributed by atoms with Crippen LogP contribution in [0.3, 0.4) is 0 Å². The minimum absolute atomic E-state index is 0. The average molecular weight is 398 g/mol. The standard InChI is InChI=1S/C19H21ClFN3O.ClH/c1-12-3-2-4-18(22-12)23-14-6-8-15(9-7-14)24-19(25)13-5-10-17(21)16(20)11-13;/h2-5,10-11,14-15H,6-9H2,1H3,(H,22,23)(H,24,25);1H. The highest BCUT2D eigenvalue weighted by Crippen LogP contribution is 2.22. The number of benzene rings is 1. The monoisotopic (exact) mass is 397 g/mol. The molecule has 1 saturated carbocycles. The van der Waals surface area contributed by atoms with Gasteiger partial charge in [-0.3, -0.25) is 4.79 Å². The van der Waals surface area contributed by atoms with Gasteiger partial charge in [-0.1, -0.05) is 17.7 Å². The molecule has 0 saturated heterocycles. The number of amides is 1. The molecule has 0 spiro atoms. The number of aromatic nitrogens is 1. The minimum atomic E-state index is -0.519. The van der Waals surface area contributed by atoms with Crippen molar-refractivity contribution in [3.05, 3.63) is 58.5 Å². The van der Waals surface area contributed by atoms with Crippen molar-refractivity contribution in [2.45, 2.75) is 44.7 Å². The lowest BCUT2D eigenvalue weighted by Crippen LogP contribution is -2.40. The molecule has 0 aliphatic heterocycles. The topological polar surface area (TPSA) is 54.0 Å². The number of nitrogens with zero attached hydrogens (tertiary/aromatic N) is 1. The molecule has 2 N–H and O–H groups in total. The van der Waals surface area contributed by atoms with Crippen molar-refractivity contribution >= 4 is 35.7 Å². The maximum absolute atomic E-state index is 13.2. The van der Waals surface area contributed by atoms with Gasteiger partial charge in [0.25, 0.3) is 5.91 Å². The van der Waals surface area contributed by atoms with Crippen molar-refractivity contribution in [3.63, 3.8) is 0 Å². The van der Waals surface area contributed by atoms with Gasteiger partial charge in [0.05, 0.1) is 5.02 Å². The zero-order valence-corrected chi connectivity index (χ0v) is 16.0. The SMILES string of the molecule is Cc1cccc(NC2CCC(NC(=O)c3ccc(F)c(Cl)c3)CC2)n1.Cl. The van der Waals surface area contributed by atoms with Gasteiger partial charge in [0, 0.05) is 23.3 Å². The van der Waals surface area contributed by atoms with Crippen LogP contribution < -0.4 is 10.6 Å². The molecule has 0 atom stereocenters. The third-order valence-corrected chi connectivity index (χ3v) is 4.77. The number of anilines is 1. The van der Waals surface area contributed by atoms with Crippen molar-refractivity contribution in [2.75, 3.05) is 5.32 Å². The van der Waals surface area contributed by atoms with Crippen LogP contribution in [0, 0.1) is 12.7 Å². The Balaban J connectivity index is 0.00000243. The molecule has 2 aromatic rings. The van der Waals surface area contributed by atoms with Gasteiger partial charge in [0.1, 0.15) is 11.6 Å². The summed E-state index contributed by atoms with van der Waals surface area (Å²) in [6.45, 7) is 1.97. The van der Waals surface area contributed by atoms with Crippen molar-refractivity contribution in [3.8, 4) is 0 Å². The fraction of sp³-hybridized carbons (Fsp3) is 0.368. The Morgan fingerprint density at radius 3 is 2.50 bits per heavy atom. The van der Waals surface area contributed by atoms with E-state index in [0.29, 0.717) is 11.6 Å². The Morgan fingerprint density at radius 1 is 1.15 bits per heavy atom. The van der Waals surface area contributed by atoms with Gasteiger partial charge in [-0.15, -0.1) is 12.4 Å². The lowest BCUT2D eigenvalue weighted by Gasteiger charge is -2.30. The van der Waals surface area contributed by atoms with Crippen LogP contribution in [0.15, 0.2) is 36.4 Å². The van der Waals surface area contributed by atoms with Gasteiger partial charge in [0.2, 0.25) is 0 Å². The second kappa shape index (κ2) is 9.19. The van der Waals surface area contributed by atoms with Crippen LogP contribution >= 0.6 is 24.0 Å². The normalized spacial score (nSPS) is 19.3. The zero-order chi connectivity index (χ0) is 17.8. The Bertz CT molecular complexity index is 764. The highest BCUT2D eigenvalue weighted by Gasteiger charge is 2.23. The van der Waals surface area contributed by atoms with Crippen molar-refractivity contribution < 1.29 is 9.18 Å². The van der Waals surface area contributed by atoms with Crippen LogP contribution in [-0.4, -0.2) is 23.0 Å². The van der Waals surface area contributed by atoms with E-state index in [1.165, 1.54) is 18.2 Å². The highest BCUT2D eigenvalue weighted by molar-refractivity contribution is 6.31. The van der Waals surface area contributed by atoms with Crippen LogP contribution in [0.5, 0.6) is 0 Å². The Labute approximate surface area is 164 Å². The van der Waals surface area contributed by atoms with Gasteiger partial charge in [-0.05, 0) is 62.9 Å². The molecule has 1 aromatic carbocycles. The van der Waals surface area contributed by atoms with Gasteiger partial charge < -0.3 is 10.6 Å². The molecule has 7 heteroatoms. The lowest BCUT2D eigenvalue weighted by molar-refractivity contribution is 0.0926. The molecule has 1 aliphatic rings. The molecule has 1 heterocycles. The molecule has 26 heavy (non-hydrogen) atoms. The largest absolute Gasteiger partial charge is 0.367 e. The predicted molar refractivity (Wildman–Crippen MR) is 105 cm³/mol. The third-order valence-electron chi connectivity index (χ3n) is 4.48. The summed E-state index contributed by atoms with van der Waals surface area (Å²) in [5.74, 6) is 0.168. The molecule has 3 rings (SSSR count). The number of carbonyl (C=O) groups is 1. The number of pyridine rings is 1. The summed E-state index contributed by atoms with van der Waals surface area (Å²) in [6.07, 6.45) is 3.71. The number of hydrogen-bond acceptors (Lipinski definition) is 3. The van der Waals surface area contributed by atoms with E-state index in [9.17, 15) is 9.18 Å². The molecule has 140 valence electrons. The average Bonchev–Trinajstić information content (AvgIpc) is 2.59. The van der Waals surface area contributed by atoms with Crippen LogP contribution in [0.25, 0.3) is 0 Å². The summed E-state index contributed by atoms with van der Waals surface area (Å²) in [4.78, 5) is 16.7. The fourth-order valence-electron chi connectivity index (χ4n) is 3.12. The first-order valence-electron chi connectivity index (χ1n) is 8.47. The van der Waals surface area contributed by atoms with Crippen LogP contribution in [-0.2, 0) is 0 Å². The van der Waals surface area contributed by atoms with Gasteiger partial charge in [0.15, 0.2) is 0 Å². The highest BCUT2D eigenvalue weighted by atomic mass is 35.5. The molecule has 1 amide bonds. The molecule has 0 unspecified atom stereocenters. The summed E-state index contributed by atoms with van der Waals surface area (Å²) < 4.78 is 13.2. The first-order chi connectivity index (χ1) is 12.0. The van der Waals surface area contributed by atoms with E-state index in [1.54, 1.807) is 0 Å². The number of carbonyl (C=O) groups excluding carboxylic acids is 1. The van der Waals surface area contributed by atoms with Crippen molar-refractivity contribution in [1.29, 1.82) is 0 Å². The quantitative estimate of drug-likeness (QED) is 0.781. The number of nitrogens with one attached hydrogen (secondary N) is 2. The fourth-order valence-corrected chi connectivity index (χ4v) is 3.30. The van der Waals surface area contributed by atoms with Gasteiger partial charge in [-0.2, -0.15) is 0 Å². The molecule has 1 aromatic heterocycles. The number of halogens is 3. The van der Waals surface area contributed by atoms with Crippen LogP contribution in [0.1, 0.15) is 41.7 Å². The van der Waals surface area contributed by atoms with Crippen LogP contribution in [0.4, 0.5) is 10.2 Å².